The summed E-state index contributed by atoms with van der Waals surface area (Å²) in [5, 5.41) is 2.85. The van der Waals surface area contributed by atoms with Crippen LogP contribution in [0, 0.1) is 5.92 Å². The molecule has 0 aromatic carbocycles. The number of amides is 2. The SMILES string of the molecule is C=CCOC(=O)N1CC(=O)NC(C(C)C)C1. The third-order valence-corrected chi connectivity index (χ3v) is 2.49. The second kappa shape index (κ2) is 5.53. The van der Waals surface area contributed by atoms with Gasteiger partial charge >= 0.3 is 6.09 Å². The third kappa shape index (κ3) is 3.25. The van der Waals surface area contributed by atoms with E-state index in [1.807, 2.05) is 13.8 Å². The first-order chi connectivity index (χ1) is 7.54. The fourth-order valence-corrected chi connectivity index (χ4v) is 1.51. The van der Waals surface area contributed by atoms with Gasteiger partial charge < -0.3 is 10.1 Å². The van der Waals surface area contributed by atoms with E-state index in [4.69, 9.17) is 4.74 Å². The van der Waals surface area contributed by atoms with Crippen molar-refractivity contribution in [2.45, 2.75) is 19.9 Å². The monoisotopic (exact) mass is 226 g/mol. The molecule has 0 aromatic rings. The van der Waals surface area contributed by atoms with Crippen LogP contribution in [0.3, 0.4) is 0 Å². The Labute approximate surface area is 95.4 Å². The molecule has 1 unspecified atom stereocenters. The first-order valence-electron chi connectivity index (χ1n) is 5.36. The Balaban J connectivity index is 2.56. The summed E-state index contributed by atoms with van der Waals surface area (Å²) in [5.74, 6) is 0.152. The molecule has 1 fully saturated rings. The maximum absolute atomic E-state index is 11.5. The van der Waals surface area contributed by atoms with Crippen molar-refractivity contribution in [3.05, 3.63) is 12.7 Å². The molecular formula is C11H18N2O3. The largest absolute Gasteiger partial charge is 0.445 e. The lowest BCUT2D eigenvalue weighted by molar-refractivity contribution is -0.125. The van der Waals surface area contributed by atoms with Gasteiger partial charge in [-0.25, -0.2) is 4.79 Å². The Morgan fingerprint density at radius 1 is 1.75 bits per heavy atom. The lowest BCUT2D eigenvalue weighted by Crippen LogP contribution is -2.57. The molecule has 1 rings (SSSR count). The predicted molar refractivity (Wildman–Crippen MR) is 59.9 cm³/mol. The number of ether oxygens (including phenoxy) is 1. The lowest BCUT2D eigenvalue weighted by atomic mass is 10.0. The van der Waals surface area contributed by atoms with Crippen LogP contribution < -0.4 is 5.32 Å². The van der Waals surface area contributed by atoms with Crippen molar-refractivity contribution in [1.82, 2.24) is 10.2 Å². The Morgan fingerprint density at radius 2 is 2.44 bits per heavy atom. The molecule has 1 heterocycles. The van der Waals surface area contributed by atoms with E-state index >= 15 is 0 Å². The number of carbonyl (C=O) groups excluding carboxylic acids is 2. The Kier molecular flexibility index (Phi) is 4.34. The van der Waals surface area contributed by atoms with Crippen molar-refractivity contribution < 1.29 is 14.3 Å². The molecule has 0 radical (unpaired) electrons. The van der Waals surface area contributed by atoms with Crippen LogP contribution in [0.15, 0.2) is 12.7 Å². The number of hydrogen-bond acceptors (Lipinski definition) is 3. The molecule has 90 valence electrons. The molecule has 5 heteroatoms. The summed E-state index contributed by atoms with van der Waals surface area (Å²) in [7, 11) is 0. The molecule has 1 atom stereocenters. The van der Waals surface area contributed by atoms with Gasteiger partial charge in [-0.1, -0.05) is 26.5 Å². The second-order valence-electron chi connectivity index (χ2n) is 4.16. The van der Waals surface area contributed by atoms with E-state index in [9.17, 15) is 9.59 Å². The maximum atomic E-state index is 11.5. The van der Waals surface area contributed by atoms with E-state index in [0.717, 1.165) is 0 Å². The van der Waals surface area contributed by atoms with Crippen molar-refractivity contribution in [1.29, 1.82) is 0 Å². The van der Waals surface area contributed by atoms with Gasteiger partial charge in [-0.15, -0.1) is 0 Å². The van der Waals surface area contributed by atoms with Crippen LogP contribution >= 0.6 is 0 Å². The van der Waals surface area contributed by atoms with Crippen molar-refractivity contribution in [2.24, 2.45) is 5.92 Å². The minimum Gasteiger partial charge on any atom is -0.445 e. The highest BCUT2D eigenvalue weighted by Gasteiger charge is 2.30. The van der Waals surface area contributed by atoms with Gasteiger partial charge in [0.25, 0.3) is 0 Å². The molecule has 2 amide bonds. The van der Waals surface area contributed by atoms with E-state index in [0.29, 0.717) is 12.5 Å². The van der Waals surface area contributed by atoms with E-state index < -0.39 is 6.09 Å². The van der Waals surface area contributed by atoms with Gasteiger partial charge in [0.2, 0.25) is 5.91 Å². The van der Waals surface area contributed by atoms with Gasteiger partial charge in [-0.05, 0) is 5.92 Å². The van der Waals surface area contributed by atoms with Gasteiger partial charge in [0.05, 0.1) is 0 Å². The molecule has 1 aliphatic rings. The topological polar surface area (TPSA) is 58.6 Å². The first kappa shape index (κ1) is 12.5. The van der Waals surface area contributed by atoms with Gasteiger partial charge in [-0.3, -0.25) is 9.69 Å². The number of hydrogen-bond donors (Lipinski definition) is 1. The number of nitrogens with one attached hydrogen (secondary N) is 1. The predicted octanol–water partition coefficient (Wildman–Crippen LogP) is 0.765. The molecular weight excluding hydrogens is 208 g/mol. The van der Waals surface area contributed by atoms with Crippen LogP contribution in [0.5, 0.6) is 0 Å². The highest BCUT2D eigenvalue weighted by Crippen LogP contribution is 2.09. The normalized spacial score (nSPS) is 20.6. The molecule has 1 N–H and O–H groups in total. The van der Waals surface area contributed by atoms with E-state index in [-0.39, 0.29) is 25.1 Å². The summed E-state index contributed by atoms with van der Waals surface area (Å²) in [6, 6.07) is -0.00229. The molecule has 0 bridgehead atoms. The molecule has 0 spiro atoms. The minimum atomic E-state index is -0.458. The lowest BCUT2D eigenvalue weighted by Gasteiger charge is -2.34. The van der Waals surface area contributed by atoms with Crippen LogP contribution in [0.2, 0.25) is 0 Å². The average Bonchev–Trinajstić information content (AvgIpc) is 2.24. The molecule has 0 saturated carbocycles. The summed E-state index contributed by atoms with van der Waals surface area (Å²) in [4.78, 5) is 24.4. The summed E-state index contributed by atoms with van der Waals surface area (Å²) in [6.07, 6.45) is 1.04. The van der Waals surface area contributed by atoms with Crippen LogP contribution in [0.1, 0.15) is 13.8 Å². The smallest absolute Gasteiger partial charge is 0.410 e. The molecule has 1 saturated heterocycles. The van der Waals surface area contributed by atoms with Gasteiger partial charge in [0, 0.05) is 12.6 Å². The zero-order chi connectivity index (χ0) is 12.1. The molecule has 0 aromatic heterocycles. The Bertz CT molecular complexity index is 289. The number of rotatable bonds is 3. The highest BCUT2D eigenvalue weighted by atomic mass is 16.6. The minimum absolute atomic E-state index is 0.00229. The van der Waals surface area contributed by atoms with Crippen LogP contribution in [-0.2, 0) is 9.53 Å². The number of carbonyl (C=O) groups is 2. The Morgan fingerprint density at radius 3 is 3.00 bits per heavy atom. The van der Waals surface area contributed by atoms with Crippen LogP contribution in [-0.4, -0.2) is 42.6 Å². The molecule has 16 heavy (non-hydrogen) atoms. The van der Waals surface area contributed by atoms with Crippen molar-refractivity contribution in [3.8, 4) is 0 Å². The van der Waals surface area contributed by atoms with Crippen LogP contribution in [0.4, 0.5) is 4.79 Å². The average molecular weight is 226 g/mol. The standard InChI is InChI=1S/C11H18N2O3/c1-4-5-16-11(15)13-6-9(8(2)3)12-10(14)7-13/h4,8-9H,1,5-7H2,2-3H3,(H,12,14). The van der Waals surface area contributed by atoms with E-state index in [2.05, 4.69) is 11.9 Å². The van der Waals surface area contributed by atoms with Gasteiger partial charge in [0.15, 0.2) is 0 Å². The third-order valence-electron chi connectivity index (χ3n) is 2.49. The van der Waals surface area contributed by atoms with Crippen LogP contribution in [0.25, 0.3) is 0 Å². The fourth-order valence-electron chi connectivity index (χ4n) is 1.51. The zero-order valence-corrected chi connectivity index (χ0v) is 9.73. The van der Waals surface area contributed by atoms with Gasteiger partial charge in [0.1, 0.15) is 13.2 Å². The molecule has 0 aliphatic carbocycles. The summed E-state index contributed by atoms with van der Waals surface area (Å²) in [5.41, 5.74) is 0. The van der Waals surface area contributed by atoms with Crippen molar-refractivity contribution >= 4 is 12.0 Å². The summed E-state index contributed by atoms with van der Waals surface area (Å²) in [6.45, 7) is 8.21. The highest BCUT2D eigenvalue weighted by molar-refractivity contribution is 5.83. The van der Waals surface area contributed by atoms with Crippen molar-refractivity contribution in [3.63, 3.8) is 0 Å². The fraction of sp³-hybridized carbons (Fsp3) is 0.636. The second-order valence-corrected chi connectivity index (χ2v) is 4.16. The maximum Gasteiger partial charge on any atom is 0.410 e. The van der Waals surface area contributed by atoms with E-state index in [1.165, 1.54) is 11.0 Å². The Hall–Kier alpha value is -1.52. The van der Waals surface area contributed by atoms with Gasteiger partial charge in [-0.2, -0.15) is 0 Å². The summed E-state index contributed by atoms with van der Waals surface area (Å²) < 4.78 is 4.90. The van der Waals surface area contributed by atoms with E-state index in [1.54, 1.807) is 0 Å². The quantitative estimate of drug-likeness (QED) is 0.723. The van der Waals surface area contributed by atoms with Crippen molar-refractivity contribution in [2.75, 3.05) is 19.7 Å². The molecule has 1 aliphatic heterocycles. The number of nitrogens with zero attached hydrogens (tertiary/aromatic N) is 1. The molecule has 5 nitrogen and oxygen atoms in total. The summed E-state index contributed by atoms with van der Waals surface area (Å²) >= 11 is 0. The number of piperazine rings is 1. The zero-order valence-electron chi connectivity index (χ0n) is 9.73. The first-order valence-corrected chi connectivity index (χ1v) is 5.36.